The molecule has 1 aromatic carbocycles. The number of benzene rings is 1. The monoisotopic (exact) mass is 523 g/mol. The standard InChI is InChI=1S/C11H9Cl2NO3.C9H16ClN4.ClH/c12-6-1-2-8(7(13)5-6)14-9(15)11(3-4-11)10(16)17;10-2-1-3-14-7-11-4-12(8-14)6-13(5-11)9-14;/h1-2,5H,3-4H2,(H,14,15)(H,16,17);1-2H,3-9H2;1H/q;+1;/p-1. The second kappa shape index (κ2) is 10.0. The molecular formula is C20H25Cl4N5O3. The van der Waals surface area contributed by atoms with E-state index in [2.05, 4.69) is 26.1 Å². The van der Waals surface area contributed by atoms with Gasteiger partial charge in [0.25, 0.3) is 0 Å². The van der Waals surface area contributed by atoms with Crippen molar-refractivity contribution in [3.8, 4) is 0 Å². The van der Waals surface area contributed by atoms with Crippen LogP contribution >= 0.6 is 34.8 Å². The summed E-state index contributed by atoms with van der Waals surface area (Å²) in [5, 5.41) is 12.2. The Morgan fingerprint density at radius 2 is 1.66 bits per heavy atom. The van der Waals surface area contributed by atoms with Crippen molar-refractivity contribution in [1.82, 2.24) is 14.7 Å². The van der Waals surface area contributed by atoms with Crippen molar-refractivity contribution in [3.05, 3.63) is 39.9 Å². The van der Waals surface area contributed by atoms with Crippen LogP contribution in [0.2, 0.25) is 10.0 Å². The van der Waals surface area contributed by atoms with Gasteiger partial charge in [0.1, 0.15) is 32.0 Å². The van der Waals surface area contributed by atoms with Gasteiger partial charge in [-0.1, -0.05) is 34.8 Å². The van der Waals surface area contributed by atoms with Gasteiger partial charge in [0.15, 0.2) is 0 Å². The second-order valence-electron chi connectivity index (χ2n) is 8.71. The van der Waals surface area contributed by atoms with Gasteiger partial charge in [-0.2, -0.15) is 0 Å². The van der Waals surface area contributed by atoms with Crippen molar-refractivity contribution in [3.63, 3.8) is 0 Å². The molecule has 176 valence electrons. The summed E-state index contributed by atoms with van der Waals surface area (Å²) in [6, 6.07) is 4.60. The molecule has 4 bridgehead atoms. The first-order valence-corrected chi connectivity index (χ1v) is 11.2. The number of amides is 1. The highest BCUT2D eigenvalue weighted by Crippen LogP contribution is 2.47. The molecule has 1 saturated carbocycles. The summed E-state index contributed by atoms with van der Waals surface area (Å²) in [5.74, 6) is -1.63. The molecule has 0 aromatic heterocycles. The summed E-state index contributed by atoms with van der Waals surface area (Å²) in [5.41, 5.74) is 0.744. The predicted octanol–water partition coefficient (Wildman–Crippen LogP) is 0.0482. The zero-order chi connectivity index (χ0) is 22.2. The van der Waals surface area contributed by atoms with Crippen LogP contribution in [0.3, 0.4) is 0 Å². The lowest BCUT2D eigenvalue weighted by Crippen LogP contribution is -3.00. The van der Waals surface area contributed by atoms with E-state index < -0.39 is 17.3 Å². The van der Waals surface area contributed by atoms with E-state index in [0.29, 0.717) is 23.6 Å². The number of aliphatic carboxylic acids is 1. The number of hydrogen-bond donors (Lipinski definition) is 2. The molecule has 5 aliphatic rings. The average molecular weight is 525 g/mol. The quantitative estimate of drug-likeness (QED) is 0.419. The van der Waals surface area contributed by atoms with Gasteiger partial charge in [0, 0.05) is 10.6 Å². The molecule has 0 unspecified atom stereocenters. The molecule has 0 radical (unpaired) electrons. The van der Waals surface area contributed by atoms with Crippen LogP contribution in [-0.2, 0) is 9.59 Å². The maximum Gasteiger partial charge on any atom is 0.319 e. The van der Waals surface area contributed by atoms with E-state index in [-0.39, 0.29) is 17.4 Å². The van der Waals surface area contributed by atoms with Crippen LogP contribution in [0.1, 0.15) is 12.8 Å². The predicted molar refractivity (Wildman–Crippen MR) is 119 cm³/mol. The molecule has 2 N–H and O–H groups in total. The summed E-state index contributed by atoms with van der Waals surface area (Å²) in [7, 11) is 0. The summed E-state index contributed by atoms with van der Waals surface area (Å²) in [6.45, 7) is 8.09. The molecule has 5 fully saturated rings. The van der Waals surface area contributed by atoms with E-state index in [4.69, 9.17) is 39.9 Å². The zero-order valence-corrected chi connectivity index (χ0v) is 20.3. The molecule has 4 aliphatic heterocycles. The van der Waals surface area contributed by atoms with Crippen LogP contribution in [-0.4, -0.2) is 82.7 Å². The van der Waals surface area contributed by atoms with Gasteiger partial charge in [-0.3, -0.25) is 14.1 Å². The van der Waals surface area contributed by atoms with E-state index in [1.165, 1.54) is 26.1 Å². The molecule has 1 aromatic rings. The Labute approximate surface area is 208 Å². The number of rotatable bonds is 5. The van der Waals surface area contributed by atoms with Gasteiger partial charge < -0.3 is 22.8 Å². The molecule has 6 rings (SSSR count). The largest absolute Gasteiger partial charge is 1.00 e. The maximum absolute atomic E-state index is 11.8. The molecule has 4 heterocycles. The number of anilines is 1. The second-order valence-corrected chi connectivity index (χ2v) is 9.81. The molecule has 12 heteroatoms. The topological polar surface area (TPSA) is 76.1 Å². The molecule has 4 saturated heterocycles. The fourth-order valence-electron chi connectivity index (χ4n) is 4.59. The van der Waals surface area contributed by atoms with Crippen molar-refractivity contribution in [2.24, 2.45) is 5.41 Å². The molecule has 0 atom stereocenters. The zero-order valence-electron chi connectivity index (χ0n) is 17.3. The van der Waals surface area contributed by atoms with Crippen LogP contribution in [0.4, 0.5) is 5.69 Å². The molecule has 8 nitrogen and oxygen atoms in total. The van der Waals surface area contributed by atoms with Gasteiger partial charge in [-0.25, -0.2) is 14.7 Å². The van der Waals surface area contributed by atoms with Crippen LogP contribution < -0.4 is 17.7 Å². The van der Waals surface area contributed by atoms with Crippen molar-refractivity contribution in [1.29, 1.82) is 0 Å². The maximum atomic E-state index is 11.8. The van der Waals surface area contributed by atoms with Crippen molar-refractivity contribution in [2.75, 3.05) is 51.9 Å². The van der Waals surface area contributed by atoms with E-state index in [1.54, 1.807) is 17.7 Å². The third-order valence-corrected chi connectivity index (χ3v) is 6.78. The van der Waals surface area contributed by atoms with Gasteiger partial charge in [0.2, 0.25) is 5.91 Å². The molecule has 1 aliphatic carbocycles. The first-order valence-electron chi connectivity index (χ1n) is 10.0. The molecule has 1 amide bonds. The van der Waals surface area contributed by atoms with Gasteiger partial charge in [-0.05, 0) is 37.1 Å². The lowest BCUT2D eigenvalue weighted by atomic mass is 10.1. The Morgan fingerprint density at radius 3 is 2.09 bits per heavy atom. The Bertz CT molecular complexity index is 874. The van der Waals surface area contributed by atoms with E-state index in [0.717, 1.165) is 31.0 Å². The smallest absolute Gasteiger partial charge is 0.319 e. The first-order chi connectivity index (χ1) is 14.7. The number of quaternary nitrogens is 1. The van der Waals surface area contributed by atoms with E-state index in [9.17, 15) is 9.59 Å². The minimum Gasteiger partial charge on any atom is -1.00 e. The fourth-order valence-corrected chi connectivity index (χ4v) is 5.13. The number of nitrogens with one attached hydrogen (secondary N) is 1. The number of nitrogens with zero attached hydrogens (tertiary/aromatic N) is 4. The molecule has 0 spiro atoms. The van der Waals surface area contributed by atoms with Crippen molar-refractivity contribution >= 4 is 52.4 Å². The first kappa shape index (κ1) is 25.5. The lowest BCUT2D eigenvalue weighted by Gasteiger charge is -2.60. The average Bonchev–Trinajstić information content (AvgIpc) is 3.50. The van der Waals surface area contributed by atoms with Crippen LogP contribution in [0, 0.1) is 5.41 Å². The number of carbonyl (C=O) groups excluding carboxylic acids is 1. The number of carboxylic acid groups (broad SMARTS) is 1. The van der Waals surface area contributed by atoms with E-state index in [1.807, 2.05) is 0 Å². The summed E-state index contributed by atoms with van der Waals surface area (Å²) in [4.78, 5) is 30.3. The van der Waals surface area contributed by atoms with Crippen molar-refractivity contribution in [2.45, 2.75) is 12.8 Å². The fraction of sp³-hybridized carbons (Fsp3) is 0.500. The Kier molecular flexibility index (Phi) is 8.00. The van der Waals surface area contributed by atoms with Crippen molar-refractivity contribution < 1.29 is 31.6 Å². The third-order valence-electron chi connectivity index (χ3n) is 6.06. The third kappa shape index (κ3) is 5.34. The number of carboxylic acids is 1. The van der Waals surface area contributed by atoms with Gasteiger partial charge >= 0.3 is 5.97 Å². The molecular weight excluding hydrogens is 500 g/mol. The number of hydrogen-bond acceptors (Lipinski definition) is 5. The Balaban J connectivity index is 0.000000178. The van der Waals surface area contributed by atoms with Crippen LogP contribution in [0.15, 0.2) is 29.8 Å². The number of halogens is 4. The van der Waals surface area contributed by atoms with Crippen LogP contribution in [0.25, 0.3) is 0 Å². The molecule has 32 heavy (non-hydrogen) atoms. The van der Waals surface area contributed by atoms with Gasteiger partial charge in [-0.15, -0.1) is 0 Å². The summed E-state index contributed by atoms with van der Waals surface area (Å²) < 4.78 is 1.14. The number of carbonyl (C=O) groups is 2. The van der Waals surface area contributed by atoms with Crippen LogP contribution in [0.5, 0.6) is 0 Å². The van der Waals surface area contributed by atoms with E-state index >= 15 is 0 Å². The lowest BCUT2D eigenvalue weighted by molar-refractivity contribution is -0.975. The minimum atomic E-state index is -1.27. The normalized spacial score (nSPS) is 30.8. The Hall–Kier alpha value is -1.10. The highest BCUT2D eigenvalue weighted by molar-refractivity contribution is 6.36. The highest BCUT2D eigenvalue weighted by Gasteiger charge is 2.57. The Morgan fingerprint density at radius 1 is 1.09 bits per heavy atom. The SMILES string of the molecule is ClC=CC[N+]12CN3CN(CN(C3)C1)C2.O=C(O)C1(C(=O)Nc2ccc(Cl)cc2Cl)CC1.[Cl-]. The van der Waals surface area contributed by atoms with Gasteiger partial charge in [0.05, 0.1) is 30.7 Å². The summed E-state index contributed by atoms with van der Waals surface area (Å²) in [6.07, 6.45) is 2.80. The summed E-state index contributed by atoms with van der Waals surface area (Å²) >= 11 is 17.2. The highest BCUT2D eigenvalue weighted by atomic mass is 35.5. The minimum absolute atomic E-state index is 0.